The van der Waals surface area contributed by atoms with Crippen molar-refractivity contribution in [3.05, 3.63) is 0 Å². The van der Waals surface area contributed by atoms with E-state index in [1.807, 2.05) is 0 Å². The standard InChI is InChI=1S/C14H25P/c1-3-10(2)15-14-7-11-4-12(8-14)6-13(5-11)9-14/h10-13,15H,3-9H2,1-2H3. The minimum atomic E-state index is 0.851. The monoisotopic (exact) mass is 224 g/mol. The van der Waals surface area contributed by atoms with E-state index in [0.29, 0.717) is 0 Å². The Bertz CT molecular complexity index is 210. The third kappa shape index (κ3) is 1.88. The van der Waals surface area contributed by atoms with Gasteiger partial charge in [-0.25, -0.2) is 0 Å². The molecule has 4 aliphatic rings. The van der Waals surface area contributed by atoms with E-state index in [1.54, 1.807) is 38.5 Å². The van der Waals surface area contributed by atoms with Crippen LogP contribution in [-0.2, 0) is 0 Å². The molecule has 0 radical (unpaired) electrons. The lowest BCUT2D eigenvalue weighted by Gasteiger charge is -2.57. The summed E-state index contributed by atoms with van der Waals surface area (Å²) in [6.45, 7) is 4.86. The van der Waals surface area contributed by atoms with Gasteiger partial charge in [-0.15, -0.1) is 8.58 Å². The van der Waals surface area contributed by atoms with Crippen LogP contribution in [0.15, 0.2) is 0 Å². The Balaban J connectivity index is 1.75. The van der Waals surface area contributed by atoms with Crippen molar-refractivity contribution < 1.29 is 0 Å². The summed E-state index contributed by atoms with van der Waals surface area (Å²) in [6.07, 6.45) is 11.0. The van der Waals surface area contributed by atoms with E-state index in [-0.39, 0.29) is 0 Å². The van der Waals surface area contributed by atoms with E-state index in [2.05, 4.69) is 13.8 Å². The Kier molecular flexibility index (Phi) is 2.63. The predicted molar refractivity (Wildman–Crippen MR) is 69.0 cm³/mol. The maximum absolute atomic E-state index is 2.48. The first-order chi connectivity index (χ1) is 7.19. The second-order valence-corrected chi connectivity index (χ2v) is 8.99. The summed E-state index contributed by atoms with van der Waals surface area (Å²) in [5.74, 6) is 3.44. The second-order valence-electron chi connectivity index (χ2n) is 6.65. The van der Waals surface area contributed by atoms with Crippen LogP contribution < -0.4 is 0 Å². The first kappa shape index (κ1) is 10.6. The first-order valence-corrected chi connectivity index (χ1v) is 8.04. The van der Waals surface area contributed by atoms with Crippen molar-refractivity contribution in [3.63, 3.8) is 0 Å². The van der Waals surface area contributed by atoms with E-state index in [1.165, 1.54) is 15.0 Å². The summed E-state index contributed by atoms with van der Waals surface area (Å²) in [4.78, 5) is 0. The van der Waals surface area contributed by atoms with Gasteiger partial charge in [-0.1, -0.05) is 13.8 Å². The zero-order chi connectivity index (χ0) is 10.5. The van der Waals surface area contributed by atoms with Crippen molar-refractivity contribution in [1.82, 2.24) is 0 Å². The molecule has 1 heteroatoms. The Morgan fingerprint density at radius 1 is 1.07 bits per heavy atom. The molecule has 0 aliphatic heterocycles. The molecule has 0 spiro atoms. The van der Waals surface area contributed by atoms with Gasteiger partial charge in [-0.05, 0) is 73.5 Å². The molecule has 0 N–H and O–H groups in total. The van der Waals surface area contributed by atoms with E-state index in [9.17, 15) is 0 Å². The second kappa shape index (κ2) is 3.73. The van der Waals surface area contributed by atoms with Gasteiger partial charge in [-0.2, -0.15) is 0 Å². The molecule has 86 valence electrons. The molecule has 4 saturated carbocycles. The lowest BCUT2D eigenvalue weighted by Crippen LogP contribution is -2.48. The van der Waals surface area contributed by atoms with Crippen LogP contribution in [-0.4, -0.2) is 10.8 Å². The van der Waals surface area contributed by atoms with Gasteiger partial charge in [0, 0.05) is 0 Å². The Morgan fingerprint density at radius 2 is 1.53 bits per heavy atom. The molecule has 4 fully saturated rings. The fourth-order valence-corrected chi connectivity index (χ4v) is 7.38. The average Bonchev–Trinajstić information content (AvgIpc) is 2.14. The molecule has 0 aromatic carbocycles. The summed E-state index contributed by atoms with van der Waals surface area (Å²) < 4.78 is 0. The van der Waals surface area contributed by atoms with Gasteiger partial charge in [0.2, 0.25) is 0 Å². The predicted octanol–water partition coefficient (Wildman–Crippen LogP) is 4.43. The van der Waals surface area contributed by atoms with E-state index < -0.39 is 0 Å². The number of hydrogen-bond donors (Lipinski definition) is 0. The van der Waals surface area contributed by atoms with E-state index >= 15 is 0 Å². The summed E-state index contributed by atoms with van der Waals surface area (Å²) in [7, 11) is 1.28. The summed E-state index contributed by atoms with van der Waals surface area (Å²) >= 11 is 0. The first-order valence-electron chi connectivity index (χ1n) is 6.97. The molecule has 0 aromatic rings. The van der Waals surface area contributed by atoms with Gasteiger partial charge in [0.15, 0.2) is 0 Å². The van der Waals surface area contributed by atoms with E-state index in [0.717, 1.165) is 28.6 Å². The molecule has 2 atom stereocenters. The maximum atomic E-state index is 2.48. The minimum absolute atomic E-state index is 0.851. The van der Waals surface area contributed by atoms with Crippen molar-refractivity contribution >= 4 is 8.58 Å². The fourth-order valence-electron chi connectivity index (χ4n) is 4.91. The highest BCUT2D eigenvalue weighted by Gasteiger charge is 2.50. The van der Waals surface area contributed by atoms with Crippen LogP contribution in [0.4, 0.5) is 0 Å². The van der Waals surface area contributed by atoms with Crippen molar-refractivity contribution in [2.45, 2.75) is 69.6 Å². The van der Waals surface area contributed by atoms with Crippen LogP contribution in [0, 0.1) is 17.8 Å². The molecular formula is C14H25P. The molecule has 0 amide bonds. The third-order valence-electron chi connectivity index (χ3n) is 5.20. The third-order valence-corrected chi connectivity index (χ3v) is 7.33. The SMILES string of the molecule is CCC(C)PC12CC3CC(CC(C3)C1)C2. The topological polar surface area (TPSA) is 0 Å². The molecule has 4 rings (SSSR count). The smallest absolute Gasteiger partial charge is 0.0112 e. The molecule has 15 heavy (non-hydrogen) atoms. The fraction of sp³-hybridized carbons (Fsp3) is 1.00. The van der Waals surface area contributed by atoms with Crippen LogP contribution >= 0.6 is 8.58 Å². The highest BCUT2D eigenvalue weighted by Crippen LogP contribution is 2.63. The highest BCUT2D eigenvalue weighted by molar-refractivity contribution is 7.40. The van der Waals surface area contributed by atoms with Crippen molar-refractivity contribution in [2.24, 2.45) is 17.8 Å². The lowest BCUT2D eigenvalue weighted by molar-refractivity contribution is 0.0365. The molecular weight excluding hydrogens is 199 g/mol. The van der Waals surface area contributed by atoms with Gasteiger partial charge in [-0.3, -0.25) is 0 Å². The Morgan fingerprint density at radius 3 is 1.93 bits per heavy atom. The summed E-state index contributed by atoms with van der Waals surface area (Å²) in [5, 5.41) is 0.851. The molecule has 0 saturated heterocycles. The van der Waals surface area contributed by atoms with Gasteiger partial charge >= 0.3 is 0 Å². The Labute approximate surface area is 96.4 Å². The molecule has 4 aliphatic carbocycles. The van der Waals surface area contributed by atoms with Crippen molar-refractivity contribution in [1.29, 1.82) is 0 Å². The maximum Gasteiger partial charge on any atom is -0.0112 e. The zero-order valence-corrected chi connectivity index (χ0v) is 11.3. The molecule has 2 unspecified atom stereocenters. The highest BCUT2D eigenvalue weighted by atomic mass is 31.1. The zero-order valence-electron chi connectivity index (χ0n) is 10.3. The minimum Gasteiger partial charge on any atom is -0.113 e. The quantitative estimate of drug-likeness (QED) is 0.622. The van der Waals surface area contributed by atoms with Crippen molar-refractivity contribution in [3.8, 4) is 0 Å². The van der Waals surface area contributed by atoms with E-state index in [4.69, 9.17) is 0 Å². The normalized spacial score (nSPS) is 50.4. The molecule has 0 aromatic heterocycles. The largest absolute Gasteiger partial charge is 0.113 e. The molecule has 0 heterocycles. The molecule has 4 bridgehead atoms. The van der Waals surface area contributed by atoms with Gasteiger partial charge < -0.3 is 0 Å². The lowest BCUT2D eigenvalue weighted by atomic mass is 9.56. The molecule has 0 nitrogen and oxygen atoms in total. The summed E-state index contributed by atoms with van der Waals surface area (Å²) in [6, 6.07) is 0. The van der Waals surface area contributed by atoms with Gasteiger partial charge in [0.25, 0.3) is 0 Å². The van der Waals surface area contributed by atoms with Crippen molar-refractivity contribution in [2.75, 3.05) is 0 Å². The van der Waals surface area contributed by atoms with Crippen LogP contribution in [0.1, 0.15) is 58.8 Å². The number of hydrogen-bond acceptors (Lipinski definition) is 0. The van der Waals surface area contributed by atoms with Crippen LogP contribution in [0.2, 0.25) is 0 Å². The average molecular weight is 224 g/mol. The van der Waals surface area contributed by atoms with Gasteiger partial charge in [0.1, 0.15) is 0 Å². The number of rotatable bonds is 3. The van der Waals surface area contributed by atoms with Crippen LogP contribution in [0.3, 0.4) is 0 Å². The van der Waals surface area contributed by atoms with Crippen LogP contribution in [0.25, 0.3) is 0 Å². The van der Waals surface area contributed by atoms with Crippen LogP contribution in [0.5, 0.6) is 0 Å². The Hall–Kier alpha value is 0.430. The summed E-state index contributed by atoms with van der Waals surface area (Å²) in [5.41, 5.74) is 1.00. The van der Waals surface area contributed by atoms with Gasteiger partial charge in [0.05, 0.1) is 0 Å².